The highest BCUT2D eigenvalue weighted by molar-refractivity contribution is 6.05. The Hall–Kier alpha value is -3.15. The third-order valence-electron chi connectivity index (χ3n) is 5.32. The van der Waals surface area contributed by atoms with Crippen LogP contribution in [0.2, 0.25) is 0 Å². The Bertz CT molecular complexity index is 990. The van der Waals surface area contributed by atoms with Crippen molar-refractivity contribution >= 4 is 11.5 Å². The molecule has 2 aromatic carbocycles. The second kappa shape index (κ2) is 5.94. The number of hydrogen-bond donors (Lipinski definition) is 0. The Labute approximate surface area is 156 Å². The predicted molar refractivity (Wildman–Crippen MR) is 96.3 cm³/mol. The minimum atomic E-state index is -0.256. The number of fused-ring (bicyclic) bond motifs is 3. The average molecular weight is 366 g/mol. The second-order valence-corrected chi connectivity index (χ2v) is 6.72. The Morgan fingerprint density at radius 3 is 2.52 bits per heavy atom. The van der Waals surface area contributed by atoms with Crippen molar-refractivity contribution < 1.29 is 28.5 Å². The first kappa shape index (κ1) is 16.1. The Balaban J connectivity index is 1.75. The van der Waals surface area contributed by atoms with Crippen LogP contribution in [0.4, 0.5) is 0 Å². The van der Waals surface area contributed by atoms with E-state index in [4.69, 9.17) is 23.7 Å². The van der Waals surface area contributed by atoms with Crippen LogP contribution in [0.15, 0.2) is 35.9 Å². The lowest BCUT2D eigenvalue weighted by Crippen LogP contribution is -2.17. The molecule has 27 heavy (non-hydrogen) atoms. The zero-order valence-corrected chi connectivity index (χ0v) is 15.0. The van der Waals surface area contributed by atoms with Gasteiger partial charge in [0.2, 0.25) is 6.79 Å². The maximum atomic E-state index is 12.5. The summed E-state index contributed by atoms with van der Waals surface area (Å²) in [7, 11) is 3.19. The molecule has 0 N–H and O–H groups in total. The van der Waals surface area contributed by atoms with E-state index in [0.717, 1.165) is 34.4 Å². The molecule has 6 nitrogen and oxygen atoms in total. The molecule has 6 heteroatoms. The zero-order valence-electron chi connectivity index (χ0n) is 15.0. The molecule has 0 saturated carbocycles. The molecule has 138 valence electrons. The van der Waals surface area contributed by atoms with E-state index in [1.807, 2.05) is 30.3 Å². The number of esters is 1. The van der Waals surface area contributed by atoms with Crippen LogP contribution in [0.3, 0.4) is 0 Å². The van der Waals surface area contributed by atoms with E-state index in [9.17, 15) is 4.79 Å². The molecule has 0 bridgehead atoms. The van der Waals surface area contributed by atoms with Gasteiger partial charge in [-0.05, 0) is 47.4 Å². The third kappa shape index (κ3) is 2.36. The lowest BCUT2D eigenvalue weighted by atomic mass is 9.77. The topological polar surface area (TPSA) is 63.2 Å². The van der Waals surface area contributed by atoms with Gasteiger partial charge in [-0.25, -0.2) is 4.79 Å². The van der Waals surface area contributed by atoms with Crippen molar-refractivity contribution in [1.29, 1.82) is 0 Å². The number of ether oxygens (including phenoxy) is 5. The largest absolute Gasteiger partial charge is 0.493 e. The van der Waals surface area contributed by atoms with Crippen LogP contribution in [0.1, 0.15) is 16.7 Å². The van der Waals surface area contributed by atoms with E-state index in [1.54, 1.807) is 14.2 Å². The third-order valence-corrected chi connectivity index (χ3v) is 5.32. The molecule has 0 aromatic heterocycles. The Morgan fingerprint density at radius 1 is 0.963 bits per heavy atom. The maximum absolute atomic E-state index is 12.5. The molecule has 0 radical (unpaired) electrons. The van der Waals surface area contributed by atoms with Crippen molar-refractivity contribution in [3.8, 4) is 23.0 Å². The summed E-state index contributed by atoms with van der Waals surface area (Å²) in [5.74, 6) is 2.46. The lowest BCUT2D eigenvalue weighted by Gasteiger charge is -2.25. The molecule has 1 atom stereocenters. The molecule has 2 aliphatic heterocycles. The summed E-state index contributed by atoms with van der Waals surface area (Å²) in [6, 6.07) is 9.64. The molecular weight excluding hydrogens is 348 g/mol. The fourth-order valence-electron chi connectivity index (χ4n) is 4.07. The normalized spacial score (nSPS) is 19.5. The molecule has 0 amide bonds. The number of benzene rings is 2. The van der Waals surface area contributed by atoms with E-state index >= 15 is 0 Å². The van der Waals surface area contributed by atoms with E-state index in [-0.39, 0.29) is 18.7 Å². The van der Waals surface area contributed by atoms with Gasteiger partial charge >= 0.3 is 5.97 Å². The van der Waals surface area contributed by atoms with Gasteiger partial charge in [-0.2, -0.15) is 0 Å². The summed E-state index contributed by atoms with van der Waals surface area (Å²) in [6.45, 7) is 0.616. The van der Waals surface area contributed by atoms with Gasteiger partial charge in [0.25, 0.3) is 0 Å². The first-order valence-electron chi connectivity index (χ1n) is 8.76. The smallest absolute Gasteiger partial charge is 0.335 e. The fraction of sp³-hybridized carbons (Fsp3) is 0.286. The number of rotatable bonds is 3. The standard InChI is InChI=1S/C21H18O6/c1-23-15-4-3-11(6-16(15)24-2)19-14-8-18-17(26-10-27-18)7-12(14)5-13-9-25-21(22)20(13)19/h3-4,6-8,13H,5,9-10H2,1-2H3/t13-/m1/s1. The fourth-order valence-corrected chi connectivity index (χ4v) is 4.07. The molecular formula is C21H18O6. The van der Waals surface area contributed by atoms with E-state index in [2.05, 4.69) is 0 Å². The number of carbonyl (C=O) groups excluding carboxylic acids is 1. The monoisotopic (exact) mass is 366 g/mol. The first-order chi connectivity index (χ1) is 13.2. The van der Waals surface area contributed by atoms with Crippen LogP contribution in [0.25, 0.3) is 5.57 Å². The number of carbonyl (C=O) groups is 1. The number of methoxy groups -OCH3 is 2. The summed E-state index contributed by atoms with van der Waals surface area (Å²) < 4.78 is 27.3. The SMILES string of the molecule is COc1ccc(C2=C3C(=O)OC[C@H]3Cc3cc4c(cc32)OCO4)cc1OC. The van der Waals surface area contributed by atoms with Crippen LogP contribution < -0.4 is 18.9 Å². The Morgan fingerprint density at radius 2 is 1.74 bits per heavy atom. The van der Waals surface area contributed by atoms with E-state index < -0.39 is 0 Å². The zero-order chi connectivity index (χ0) is 18.5. The van der Waals surface area contributed by atoms with Gasteiger partial charge in [0.05, 0.1) is 26.4 Å². The molecule has 1 aliphatic carbocycles. The molecule has 2 aromatic rings. The number of hydrogen-bond acceptors (Lipinski definition) is 6. The van der Waals surface area contributed by atoms with E-state index in [1.165, 1.54) is 0 Å². The molecule has 1 fully saturated rings. The predicted octanol–water partition coefficient (Wildman–Crippen LogP) is 2.96. The maximum Gasteiger partial charge on any atom is 0.335 e. The molecule has 0 spiro atoms. The van der Waals surface area contributed by atoms with Gasteiger partial charge in [-0.3, -0.25) is 0 Å². The Kier molecular flexibility index (Phi) is 3.53. The summed E-state index contributed by atoms with van der Waals surface area (Å²) in [4.78, 5) is 12.5. The first-order valence-corrected chi connectivity index (χ1v) is 8.76. The quantitative estimate of drug-likeness (QED) is 0.779. The van der Waals surface area contributed by atoms with E-state index in [0.29, 0.717) is 29.4 Å². The van der Waals surface area contributed by atoms with Crippen molar-refractivity contribution in [3.63, 3.8) is 0 Å². The second-order valence-electron chi connectivity index (χ2n) is 6.72. The van der Waals surface area contributed by atoms with Crippen LogP contribution in [-0.4, -0.2) is 33.6 Å². The van der Waals surface area contributed by atoms with Gasteiger partial charge in [0.15, 0.2) is 23.0 Å². The molecule has 1 saturated heterocycles. The van der Waals surface area contributed by atoms with Crippen molar-refractivity contribution in [2.75, 3.05) is 27.6 Å². The molecule has 3 aliphatic rings. The van der Waals surface area contributed by atoms with Crippen LogP contribution in [0, 0.1) is 5.92 Å². The van der Waals surface area contributed by atoms with Crippen LogP contribution >= 0.6 is 0 Å². The highest BCUT2D eigenvalue weighted by Gasteiger charge is 2.39. The van der Waals surface area contributed by atoms with Gasteiger partial charge in [0, 0.05) is 11.5 Å². The highest BCUT2D eigenvalue weighted by atomic mass is 16.7. The van der Waals surface area contributed by atoms with Gasteiger partial charge in [-0.15, -0.1) is 0 Å². The van der Waals surface area contributed by atoms with Crippen LogP contribution in [0.5, 0.6) is 23.0 Å². The highest BCUT2D eigenvalue weighted by Crippen LogP contribution is 2.47. The minimum absolute atomic E-state index is 0.0356. The summed E-state index contributed by atoms with van der Waals surface area (Å²) in [6.07, 6.45) is 0.740. The average Bonchev–Trinajstić information content (AvgIpc) is 3.30. The number of cyclic esters (lactones) is 1. The van der Waals surface area contributed by atoms with Crippen molar-refractivity contribution in [2.24, 2.45) is 5.92 Å². The summed E-state index contributed by atoms with van der Waals surface area (Å²) in [5.41, 5.74) is 4.55. The van der Waals surface area contributed by atoms with Crippen molar-refractivity contribution in [1.82, 2.24) is 0 Å². The molecule has 2 heterocycles. The minimum Gasteiger partial charge on any atom is -0.493 e. The molecule has 5 rings (SSSR count). The van der Waals surface area contributed by atoms with Gasteiger partial charge in [-0.1, -0.05) is 6.07 Å². The summed E-state index contributed by atoms with van der Waals surface area (Å²) in [5, 5.41) is 0. The van der Waals surface area contributed by atoms with Gasteiger partial charge in [0.1, 0.15) is 0 Å². The van der Waals surface area contributed by atoms with Crippen molar-refractivity contribution in [3.05, 3.63) is 52.6 Å². The van der Waals surface area contributed by atoms with Crippen molar-refractivity contribution in [2.45, 2.75) is 6.42 Å². The van der Waals surface area contributed by atoms with Crippen LogP contribution in [-0.2, 0) is 16.0 Å². The lowest BCUT2D eigenvalue weighted by molar-refractivity contribution is -0.135. The van der Waals surface area contributed by atoms with Gasteiger partial charge < -0.3 is 23.7 Å². The molecule has 0 unspecified atom stereocenters. The summed E-state index contributed by atoms with van der Waals surface area (Å²) >= 11 is 0.